The van der Waals surface area contributed by atoms with Crippen LogP contribution in [0, 0.1) is 0 Å². The molecule has 16 nitrogen and oxygen atoms in total. The van der Waals surface area contributed by atoms with Gasteiger partial charge in [-0.3, -0.25) is 38.4 Å². The summed E-state index contributed by atoms with van der Waals surface area (Å²) in [6.45, 7) is 18.1. The third-order valence-electron chi connectivity index (χ3n) is 28.5. The predicted octanol–water partition coefficient (Wildman–Crippen LogP) is 45.2. The molecule has 0 aliphatic rings. The maximum absolute atomic E-state index is 10.3. The summed E-state index contributed by atoms with van der Waals surface area (Å²) in [4.78, 5) is 82.4. The number of carboxylic acids is 8. The molecule has 0 amide bonds. The van der Waals surface area contributed by atoms with Gasteiger partial charge in [-0.1, -0.05) is 685 Å². The monoisotopic (exact) mass is 2080 g/mol. The lowest BCUT2D eigenvalue weighted by Gasteiger charge is -2.03. The number of carbonyl (C=O) groups is 8. The third-order valence-corrected chi connectivity index (χ3v) is 28.5. The Morgan fingerprint density at radius 1 is 0.0822 bits per heavy atom. The standard InChI is InChI=1S/2C18H36O2.2C17H34O2.2C16H32O2.2C14H28O2/c2*1-2-3-4-5-6-7-8-9-10-11-12-13-14-15-16-17-18(19)20;2*1-2-3-4-5-6-7-8-9-10-11-12-13-14-15-16-17(18)19;2*1-2-3-4-5-6-7-8-9-10-11-12-13-14-15-16(17)18;2*1-2-3-4-5-6-7-8-9-10-11-12-13-14(15)16/h2*2-17H2,1H3,(H,19,20);2*2-16H2,1H3,(H,18,19);2*2-15H2,1H3,(H,17,18);2*2-13H2,1H3,(H,15,16). The number of hydrogen-bond donors (Lipinski definition) is 8. The first-order valence-electron chi connectivity index (χ1n) is 64.9. The van der Waals surface area contributed by atoms with Crippen molar-refractivity contribution in [3.8, 4) is 0 Å². The largest absolute Gasteiger partial charge is 0.481 e. The fourth-order valence-corrected chi connectivity index (χ4v) is 18.7. The molecule has 8 N–H and O–H groups in total. The summed E-state index contributed by atoms with van der Waals surface area (Å²) in [5.41, 5.74) is 0. The molecule has 0 heterocycles. The van der Waals surface area contributed by atoms with Gasteiger partial charge in [-0.15, -0.1) is 0 Å². The van der Waals surface area contributed by atoms with Gasteiger partial charge >= 0.3 is 47.8 Å². The molecule has 876 valence electrons. The minimum atomic E-state index is -0.657. The fourth-order valence-electron chi connectivity index (χ4n) is 18.7. The summed E-state index contributed by atoms with van der Waals surface area (Å²) in [5.74, 6) is -5.24. The highest BCUT2D eigenvalue weighted by Crippen LogP contribution is 2.23. The normalized spacial score (nSPS) is 10.7. The Morgan fingerprint density at radius 2 is 0.123 bits per heavy atom. The maximum Gasteiger partial charge on any atom is 0.303 e. The van der Waals surface area contributed by atoms with Crippen LogP contribution in [0.1, 0.15) is 787 Å². The third kappa shape index (κ3) is 194. The van der Waals surface area contributed by atoms with E-state index in [-0.39, 0.29) is 0 Å². The number of carboxylic acid groups (broad SMARTS) is 8. The molecule has 0 bridgehead atoms. The maximum atomic E-state index is 10.3. The van der Waals surface area contributed by atoms with Gasteiger partial charge in [-0.25, -0.2) is 0 Å². The number of aliphatic carboxylic acids is 8. The van der Waals surface area contributed by atoms with Crippen molar-refractivity contribution >= 4 is 47.8 Å². The van der Waals surface area contributed by atoms with Crippen molar-refractivity contribution in [3.05, 3.63) is 0 Å². The van der Waals surface area contributed by atoms with E-state index in [0.29, 0.717) is 51.4 Å². The summed E-state index contributed by atoms with van der Waals surface area (Å²) < 4.78 is 0. The summed E-state index contributed by atoms with van der Waals surface area (Å²) in [7, 11) is 0. The predicted molar refractivity (Wildman–Crippen MR) is 633 cm³/mol. The van der Waals surface area contributed by atoms with E-state index >= 15 is 0 Å². The van der Waals surface area contributed by atoms with Gasteiger partial charge in [-0.05, 0) is 51.4 Å². The van der Waals surface area contributed by atoms with Gasteiger partial charge < -0.3 is 40.9 Å². The molecule has 0 atom stereocenters. The van der Waals surface area contributed by atoms with Gasteiger partial charge in [0.25, 0.3) is 0 Å². The second-order valence-electron chi connectivity index (χ2n) is 43.8. The van der Waals surface area contributed by atoms with Gasteiger partial charge in [-0.2, -0.15) is 0 Å². The van der Waals surface area contributed by atoms with E-state index in [0.717, 1.165) is 103 Å². The van der Waals surface area contributed by atoms with Gasteiger partial charge in [0.1, 0.15) is 0 Å². The number of unbranched alkanes of at least 4 members (excludes halogenated alkanes) is 98. The number of rotatable bonds is 114. The van der Waals surface area contributed by atoms with Crippen molar-refractivity contribution < 1.29 is 79.2 Å². The summed E-state index contributed by atoms with van der Waals surface area (Å²) >= 11 is 0. The Balaban J connectivity index is -0.000000249. The summed E-state index contributed by atoms with van der Waals surface area (Å²) in [5, 5.41) is 67.9. The molecule has 146 heavy (non-hydrogen) atoms. The Bertz CT molecular complexity index is 2260. The Labute approximate surface area is 909 Å². The molecule has 16 heteroatoms. The molecule has 0 spiro atoms. The van der Waals surface area contributed by atoms with Crippen LogP contribution in [0.15, 0.2) is 0 Å². The zero-order valence-corrected chi connectivity index (χ0v) is 99.5. The lowest BCUT2D eigenvalue weighted by Crippen LogP contribution is -1.93. The van der Waals surface area contributed by atoms with Gasteiger partial charge in [0.15, 0.2) is 0 Å². The van der Waals surface area contributed by atoms with E-state index in [1.807, 2.05) is 0 Å². The average molecular weight is 2080 g/mol. The fraction of sp³-hybridized carbons (Fsp3) is 0.938. The average Bonchev–Trinajstić information content (AvgIpc) is 1.13. The summed E-state index contributed by atoms with van der Waals surface area (Å²) in [6, 6.07) is 0. The smallest absolute Gasteiger partial charge is 0.303 e. The molecule has 0 fully saturated rings. The van der Waals surface area contributed by atoms with Crippen molar-refractivity contribution in [2.45, 2.75) is 787 Å². The van der Waals surface area contributed by atoms with Crippen molar-refractivity contribution in [2.24, 2.45) is 0 Å². The van der Waals surface area contributed by atoms with Crippen LogP contribution in [-0.2, 0) is 38.4 Å². The zero-order valence-electron chi connectivity index (χ0n) is 99.5. The van der Waals surface area contributed by atoms with Crippen LogP contribution in [0.5, 0.6) is 0 Å². The molecule has 0 aliphatic carbocycles. The van der Waals surface area contributed by atoms with Gasteiger partial charge in [0.05, 0.1) is 0 Å². The van der Waals surface area contributed by atoms with E-state index in [1.165, 1.54) is 578 Å². The molecule has 0 rings (SSSR count). The van der Waals surface area contributed by atoms with Crippen molar-refractivity contribution in [1.82, 2.24) is 0 Å². The molecule has 0 aromatic rings. The second-order valence-corrected chi connectivity index (χ2v) is 43.8. The van der Waals surface area contributed by atoms with Crippen LogP contribution in [-0.4, -0.2) is 88.6 Å². The zero-order chi connectivity index (χ0) is 109. The Hall–Kier alpha value is -4.24. The molecule has 0 aromatic carbocycles. The molecular weight excluding hydrogens is 1820 g/mol. The lowest BCUT2D eigenvalue weighted by atomic mass is 10.0. The Morgan fingerprint density at radius 3 is 0.164 bits per heavy atom. The molecule has 0 unspecified atom stereocenters. The second kappa shape index (κ2) is 154. The minimum Gasteiger partial charge on any atom is -0.481 e. The molecule has 0 aliphatic heterocycles. The van der Waals surface area contributed by atoms with Crippen LogP contribution in [0.25, 0.3) is 0 Å². The van der Waals surface area contributed by atoms with E-state index in [1.54, 1.807) is 0 Å². The first-order valence-corrected chi connectivity index (χ1v) is 64.9. The molecule has 0 aromatic heterocycles. The molecule has 0 radical (unpaired) electrons. The van der Waals surface area contributed by atoms with Crippen LogP contribution >= 0.6 is 0 Å². The highest BCUT2D eigenvalue weighted by atomic mass is 16.4. The van der Waals surface area contributed by atoms with Gasteiger partial charge in [0.2, 0.25) is 0 Å². The molecule has 0 saturated heterocycles. The van der Waals surface area contributed by atoms with Crippen molar-refractivity contribution in [3.63, 3.8) is 0 Å². The van der Waals surface area contributed by atoms with Crippen LogP contribution < -0.4 is 0 Å². The highest BCUT2D eigenvalue weighted by Gasteiger charge is 2.07. The SMILES string of the molecule is CCCCCCCCCCCCCC(=O)O.CCCCCCCCCCCCCC(=O)O.CCCCCCCCCCCCCCCC(=O)O.CCCCCCCCCCCCCCCC(=O)O.CCCCCCCCCCCCCCCCC(=O)O.CCCCCCCCCCCCCCCCC(=O)O.CCCCCCCCCCCCCCCCCC(=O)O.CCCCCCCCCCCCCCCCCC(=O)O. The van der Waals surface area contributed by atoms with Crippen molar-refractivity contribution in [1.29, 1.82) is 0 Å². The lowest BCUT2D eigenvalue weighted by molar-refractivity contribution is -0.138. The topological polar surface area (TPSA) is 298 Å². The van der Waals surface area contributed by atoms with E-state index in [4.69, 9.17) is 40.9 Å². The Kier molecular flexibility index (Phi) is 165. The van der Waals surface area contributed by atoms with Crippen molar-refractivity contribution in [2.75, 3.05) is 0 Å². The van der Waals surface area contributed by atoms with Gasteiger partial charge in [0, 0.05) is 51.4 Å². The van der Waals surface area contributed by atoms with E-state index < -0.39 is 47.8 Å². The van der Waals surface area contributed by atoms with E-state index in [2.05, 4.69) is 55.4 Å². The van der Waals surface area contributed by atoms with Crippen LogP contribution in [0.2, 0.25) is 0 Å². The van der Waals surface area contributed by atoms with Crippen LogP contribution in [0.3, 0.4) is 0 Å². The minimum absolute atomic E-state index is 0.344. The van der Waals surface area contributed by atoms with E-state index in [9.17, 15) is 38.4 Å². The summed E-state index contributed by atoms with van der Waals surface area (Å²) in [6.07, 6.45) is 141. The molecular formula is C130H260O16. The first-order chi connectivity index (χ1) is 71.2. The quantitative estimate of drug-likeness (QED) is 0.0263. The first kappa shape index (κ1) is 157. The highest BCUT2D eigenvalue weighted by molar-refractivity contribution is 5.68. The van der Waals surface area contributed by atoms with Crippen LogP contribution in [0.4, 0.5) is 0 Å². The molecule has 0 saturated carbocycles. The number of hydrogen-bond acceptors (Lipinski definition) is 8.